The lowest BCUT2D eigenvalue weighted by Gasteiger charge is -2.39. The van der Waals surface area contributed by atoms with Crippen molar-refractivity contribution in [3.63, 3.8) is 0 Å². The molecule has 0 saturated heterocycles. The first-order valence-electron chi connectivity index (χ1n) is 19.4. The summed E-state index contributed by atoms with van der Waals surface area (Å²) in [5.41, 5.74) is 13.1. The summed E-state index contributed by atoms with van der Waals surface area (Å²) >= 11 is 0. The van der Waals surface area contributed by atoms with Gasteiger partial charge in [-0.15, -0.1) is 0 Å². The summed E-state index contributed by atoms with van der Waals surface area (Å²) in [5, 5.41) is 23.6. The van der Waals surface area contributed by atoms with E-state index in [1.54, 1.807) is 44.2 Å². The molecule has 0 aromatic heterocycles. The SMILES string of the molecule is CC(C)[C@H](NC(=O)CN)C(=O)NC(C(=O)N[C@@H](CCCNC(N)=O)C(=O)N1Cc2ccccc2C[C@H]1C(=O)N[C@@H](Cc1ccccc1)C(=O)O)C1CCCCC1. The second-order valence-corrected chi connectivity index (χ2v) is 14.9. The van der Waals surface area contributed by atoms with Gasteiger partial charge in [0.15, 0.2) is 0 Å². The van der Waals surface area contributed by atoms with E-state index in [0.717, 1.165) is 30.4 Å². The van der Waals surface area contributed by atoms with Crippen molar-refractivity contribution in [1.82, 2.24) is 31.5 Å². The molecule has 7 amide bonds. The second kappa shape index (κ2) is 21.0. The average molecular weight is 777 g/mol. The molecule has 16 nitrogen and oxygen atoms in total. The van der Waals surface area contributed by atoms with E-state index in [1.165, 1.54) is 4.90 Å². The molecule has 1 aliphatic carbocycles. The number of aliphatic carboxylic acids is 1. The first-order chi connectivity index (χ1) is 26.8. The predicted octanol–water partition coefficient (Wildman–Crippen LogP) is 0.850. The van der Waals surface area contributed by atoms with Gasteiger partial charge in [-0.05, 0) is 54.2 Å². The van der Waals surface area contributed by atoms with Crippen LogP contribution in [0.5, 0.6) is 0 Å². The van der Waals surface area contributed by atoms with Crippen LogP contribution in [0.4, 0.5) is 4.79 Å². The van der Waals surface area contributed by atoms with Crippen LogP contribution in [0, 0.1) is 11.8 Å². The lowest BCUT2D eigenvalue weighted by molar-refractivity contribution is -0.147. The molecule has 0 radical (unpaired) electrons. The van der Waals surface area contributed by atoms with Gasteiger partial charge in [-0.3, -0.25) is 24.0 Å². The van der Waals surface area contributed by atoms with E-state index >= 15 is 0 Å². The topological polar surface area (TPSA) is 255 Å². The van der Waals surface area contributed by atoms with Crippen LogP contribution < -0.4 is 38.1 Å². The summed E-state index contributed by atoms with van der Waals surface area (Å²) in [6.07, 6.45) is 4.34. The van der Waals surface area contributed by atoms with E-state index in [-0.39, 0.29) is 57.2 Å². The molecule has 16 heteroatoms. The van der Waals surface area contributed by atoms with Crippen LogP contribution in [0.25, 0.3) is 0 Å². The number of carboxylic acid groups (broad SMARTS) is 1. The minimum Gasteiger partial charge on any atom is -0.480 e. The Morgan fingerprint density at radius 2 is 1.48 bits per heavy atom. The van der Waals surface area contributed by atoms with Crippen molar-refractivity contribution in [2.24, 2.45) is 23.3 Å². The van der Waals surface area contributed by atoms with E-state index in [0.29, 0.717) is 18.4 Å². The maximum absolute atomic E-state index is 14.7. The number of benzene rings is 2. The fourth-order valence-electron chi connectivity index (χ4n) is 7.42. The largest absolute Gasteiger partial charge is 0.480 e. The van der Waals surface area contributed by atoms with Crippen molar-refractivity contribution >= 4 is 41.5 Å². The summed E-state index contributed by atoms with van der Waals surface area (Å²) < 4.78 is 0. The molecule has 2 aromatic rings. The van der Waals surface area contributed by atoms with Gasteiger partial charge < -0.3 is 48.1 Å². The van der Waals surface area contributed by atoms with Gasteiger partial charge in [0.05, 0.1) is 6.54 Å². The van der Waals surface area contributed by atoms with Crippen LogP contribution in [0.3, 0.4) is 0 Å². The number of nitrogens with two attached hydrogens (primary N) is 2. The fourth-order valence-corrected chi connectivity index (χ4v) is 7.42. The Bertz CT molecular complexity index is 1700. The molecule has 304 valence electrons. The number of carboxylic acids is 1. The van der Waals surface area contributed by atoms with Crippen LogP contribution in [0.1, 0.15) is 75.5 Å². The lowest BCUT2D eigenvalue weighted by atomic mass is 9.83. The average Bonchev–Trinajstić information content (AvgIpc) is 3.19. The van der Waals surface area contributed by atoms with Gasteiger partial charge in [0.1, 0.15) is 30.2 Å². The van der Waals surface area contributed by atoms with Gasteiger partial charge in [-0.2, -0.15) is 0 Å². The summed E-state index contributed by atoms with van der Waals surface area (Å²) in [7, 11) is 0. The summed E-state index contributed by atoms with van der Waals surface area (Å²) in [6.45, 7) is 3.31. The third-order valence-corrected chi connectivity index (χ3v) is 10.5. The molecular weight excluding hydrogens is 720 g/mol. The van der Waals surface area contributed by atoms with Gasteiger partial charge >= 0.3 is 12.0 Å². The Labute approximate surface area is 327 Å². The molecular formula is C40H56N8O8. The maximum atomic E-state index is 14.7. The van der Waals surface area contributed by atoms with E-state index in [9.17, 15) is 38.7 Å². The number of hydrogen-bond acceptors (Lipinski definition) is 8. The molecule has 1 fully saturated rings. The number of urea groups is 1. The quantitative estimate of drug-likeness (QED) is 0.0998. The van der Waals surface area contributed by atoms with Crippen molar-refractivity contribution in [3.05, 3.63) is 71.3 Å². The number of rotatable bonds is 18. The Hall–Kier alpha value is -5.51. The number of fused-ring (bicyclic) bond motifs is 1. The summed E-state index contributed by atoms with van der Waals surface area (Å²) in [6, 6.07) is 9.81. The highest BCUT2D eigenvalue weighted by Crippen LogP contribution is 2.28. The van der Waals surface area contributed by atoms with Crippen LogP contribution in [-0.2, 0) is 48.2 Å². The highest BCUT2D eigenvalue weighted by Gasteiger charge is 2.41. The van der Waals surface area contributed by atoms with Crippen molar-refractivity contribution in [3.8, 4) is 0 Å². The van der Waals surface area contributed by atoms with Crippen molar-refractivity contribution in [2.75, 3.05) is 13.1 Å². The molecule has 1 heterocycles. The highest BCUT2D eigenvalue weighted by atomic mass is 16.4. The predicted molar refractivity (Wildman–Crippen MR) is 207 cm³/mol. The Morgan fingerprint density at radius 1 is 0.821 bits per heavy atom. The van der Waals surface area contributed by atoms with Crippen LogP contribution in [-0.4, -0.2) is 94.8 Å². The number of nitrogens with zero attached hydrogens (tertiary/aromatic N) is 1. The van der Waals surface area contributed by atoms with Crippen LogP contribution in [0.2, 0.25) is 0 Å². The molecule has 1 aliphatic heterocycles. The first kappa shape index (κ1) is 43.2. The minimum absolute atomic E-state index is 0.00905. The molecule has 56 heavy (non-hydrogen) atoms. The highest BCUT2D eigenvalue weighted by molar-refractivity contribution is 5.96. The summed E-state index contributed by atoms with van der Waals surface area (Å²) in [4.78, 5) is 94.1. The van der Waals surface area contributed by atoms with Gasteiger partial charge in [0, 0.05) is 25.9 Å². The van der Waals surface area contributed by atoms with Crippen LogP contribution >= 0.6 is 0 Å². The number of primary amides is 1. The molecule has 10 N–H and O–H groups in total. The smallest absolute Gasteiger partial charge is 0.326 e. The van der Waals surface area contributed by atoms with Crippen molar-refractivity contribution in [1.29, 1.82) is 0 Å². The number of carbonyl (C=O) groups is 7. The standard InChI is InChI=1S/C40H56N8O8/c1-24(2)33(46-32(49)22-41)36(51)47-34(26-14-7-4-8-15-26)37(52)44-29(18-11-19-43-40(42)56)38(53)48-23-28-17-10-9-16-27(28)21-31(48)35(50)45-30(39(54)55)20-25-12-5-3-6-13-25/h3,5-6,9-10,12-13,16-17,24,26,29-31,33-34H,4,7-8,11,14-15,18-23,41H2,1-2H3,(H,44,52)(H,45,50)(H,46,49)(H,47,51)(H,54,55)(H3,42,43,56)/t29-,30-,31-,33-,34?/m0/s1. The van der Waals surface area contributed by atoms with E-state index in [2.05, 4.69) is 26.6 Å². The second-order valence-electron chi connectivity index (χ2n) is 14.9. The number of amides is 7. The first-order valence-corrected chi connectivity index (χ1v) is 19.4. The lowest BCUT2D eigenvalue weighted by Crippen LogP contribution is -2.62. The van der Waals surface area contributed by atoms with E-state index < -0.39 is 71.7 Å². The summed E-state index contributed by atoms with van der Waals surface area (Å²) in [5.74, 6) is -4.76. The number of nitrogens with one attached hydrogen (secondary N) is 5. The third kappa shape index (κ3) is 12.2. The molecule has 2 aliphatic rings. The zero-order valence-corrected chi connectivity index (χ0v) is 32.1. The Morgan fingerprint density at radius 3 is 2.11 bits per heavy atom. The molecule has 0 spiro atoms. The van der Waals surface area contributed by atoms with E-state index in [4.69, 9.17) is 11.5 Å². The minimum atomic E-state index is -1.28. The molecule has 4 rings (SSSR count). The van der Waals surface area contributed by atoms with Crippen LogP contribution in [0.15, 0.2) is 54.6 Å². The Balaban J connectivity index is 1.64. The normalized spacial score (nSPS) is 17.6. The van der Waals surface area contributed by atoms with E-state index in [1.807, 2.05) is 24.3 Å². The zero-order valence-electron chi connectivity index (χ0n) is 32.1. The monoisotopic (exact) mass is 776 g/mol. The fraction of sp³-hybridized carbons (Fsp3) is 0.525. The van der Waals surface area contributed by atoms with Gasteiger partial charge in [0.25, 0.3) is 0 Å². The number of hydrogen-bond donors (Lipinski definition) is 8. The molecule has 0 bridgehead atoms. The van der Waals surface area contributed by atoms with Gasteiger partial charge in [-0.25, -0.2) is 9.59 Å². The number of carbonyl (C=O) groups excluding carboxylic acids is 6. The zero-order chi connectivity index (χ0) is 40.8. The molecule has 1 saturated carbocycles. The maximum Gasteiger partial charge on any atom is 0.326 e. The van der Waals surface area contributed by atoms with Crippen molar-refractivity contribution < 1.29 is 38.7 Å². The Kier molecular flexibility index (Phi) is 16.2. The molecule has 2 aromatic carbocycles. The third-order valence-electron chi connectivity index (χ3n) is 10.5. The van der Waals surface area contributed by atoms with Crippen molar-refractivity contribution in [2.45, 2.75) is 108 Å². The van der Waals surface area contributed by atoms with Gasteiger partial charge in [0.2, 0.25) is 29.5 Å². The molecule has 5 atom stereocenters. The molecule has 1 unspecified atom stereocenters. The van der Waals surface area contributed by atoms with Gasteiger partial charge in [-0.1, -0.05) is 87.7 Å².